The molecular weight excluding hydrogens is 310 g/mol. The van der Waals surface area contributed by atoms with Crippen molar-refractivity contribution in [3.05, 3.63) is 34.9 Å². The molecule has 0 bridgehead atoms. The first-order valence-electron chi connectivity index (χ1n) is 5.10. The SMILES string of the molecule is CC(=O)C(Br)c1ccc(C(F)F)cc1CC(=O)O. The Morgan fingerprint density at radius 3 is 2.44 bits per heavy atom. The minimum Gasteiger partial charge on any atom is -0.481 e. The van der Waals surface area contributed by atoms with Gasteiger partial charge in [-0.3, -0.25) is 9.59 Å². The Bertz CT molecular complexity index is 474. The second-order valence-electron chi connectivity index (χ2n) is 3.80. The Labute approximate surface area is 111 Å². The van der Waals surface area contributed by atoms with Crippen molar-refractivity contribution in [2.45, 2.75) is 24.6 Å². The van der Waals surface area contributed by atoms with Crippen LogP contribution >= 0.6 is 15.9 Å². The first kappa shape index (κ1) is 14.8. The summed E-state index contributed by atoms with van der Waals surface area (Å²) in [5.41, 5.74) is 0.380. The Balaban J connectivity index is 3.24. The van der Waals surface area contributed by atoms with E-state index in [-0.39, 0.29) is 16.9 Å². The van der Waals surface area contributed by atoms with Crippen LogP contribution in [0.2, 0.25) is 0 Å². The van der Waals surface area contributed by atoms with Crippen LogP contribution in [0.1, 0.15) is 34.9 Å². The largest absolute Gasteiger partial charge is 0.481 e. The summed E-state index contributed by atoms with van der Waals surface area (Å²) in [4.78, 5) is 21.3. The first-order valence-corrected chi connectivity index (χ1v) is 6.01. The molecular formula is C12H11BrF2O3. The van der Waals surface area contributed by atoms with Crippen LogP contribution in [0, 0.1) is 0 Å². The second-order valence-corrected chi connectivity index (χ2v) is 4.72. The molecule has 6 heteroatoms. The van der Waals surface area contributed by atoms with E-state index in [1.807, 2.05) is 0 Å². The zero-order chi connectivity index (χ0) is 13.9. The van der Waals surface area contributed by atoms with Gasteiger partial charge in [-0.15, -0.1) is 0 Å². The predicted octanol–water partition coefficient (Wildman–Crippen LogP) is 3.28. The molecule has 0 saturated heterocycles. The number of carboxylic acids is 1. The molecule has 0 aliphatic carbocycles. The molecule has 0 radical (unpaired) electrons. The quantitative estimate of drug-likeness (QED) is 0.847. The highest BCUT2D eigenvalue weighted by molar-refractivity contribution is 9.09. The molecule has 1 N–H and O–H groups in total. The summed E-state index contributed by atoms with van der Waals surface area (Å²) in [7, 11) is 0. The number of aliphatic carboxylic acids is 1. The van der Waals surface area contributed by atoms with E-state index in [4.69, 9.17) is 5.11 Å². The molecule has 0 heterocycles. The minimum absolute atomic E-state index is 0.216. The molecule has 0 spiro atoms. The van der Waals surface area contributed by atoms with Crippen LogP contribution in [0.15, 0.2) is 18.2 Å². The standard InChI is InChI=1S/C12H11BrF2O3/c1-6(16)11(13)9-3-2-7(12(14)15)4-8(9)5-10(17)18/h2-4,11-12H,5H2,1H3,(H,17,18). The lowest BCUT2D eigenvalue weighted by atomic mass is 9.97. The molecule has 0 aromatic heterocycles. The third-order valence-electron chi connectivity index (χ3n) is 2.39. The molecule has 0 aliphatic rings. The average molecular weight is 321 g/mol. The second kappa shape index (κ2) is 6.04. The Kier molecular flexibility index (Phi) is 4.95. The van der Waals surface area contributed by atoms with Crippen LogP contribution in [-0.2, 0) is 16.0 Å². The number of carboxylic acid groups (broad SMARTS) is 1. The van der Waals surface area contributed by atoms with Crippen LogP contribution in [-0.4, -0.2) is 16.9 Å². The Morgan fingerprint density at radius 2 is 2.00 bits per heavy atom. The van der Waals surface area contributed by atoms with Gasteiger partial charge in [0.25, 0.3) is 6.43 Å². The third-order valence-corrected chi connectivity index (χ3v) is 3.53. The molecule has 0 aliphatic heterocycles. The highest BCUT2D eigenvalue weighted by Crippen LogP contribution is 2.30. The number of ketones is 1. The maximum atomic E-state index is 12.5. The Hall–Kier alpha value is -1.30. The van der Waals surface area contributed by atoms with Crippen molar-refractivity contribution < 1.29 is 23.5 Å². The van der Waals surface area contributed by atoms with E-state index < -0.39 is 23.6 Å². The van der Waals surface area contributed by atoms with Crippen LogP contribution in [0.5, 0.6) is 0 Å². The monoisotopic (exact) mass is 320 g/mol. The maximum absolute atomic E-state index is 12.5. The molecule has 1 unspecified atom stereocenters. The number of halogens is 3. The number of carbonyl (C=O) groups excluding carboxylic acids is 1. The number of carbonyl (C=O) groups is 2. The zero-order valence-corrected chi connectivity index (χ0v) is 11.1. The van der Waals surface area contributed by atoms with Gasteiger partial charge in [-0.25, -0.2) is 8.78 Å². The summed E-state index contributed by atoms with van der Waals surface area (Å²) in [5.74, 6) is -1.35. The molecule has 18 heavy (non-hydrogen) atoms. The van der Waals surface area contributed by atoms with Crippen molar-refractivity contribution in [2.75, 3.05) is 0 Å². The van der Waals surface area contributed by atoms with E-state index in [0.717, 1.165) is 6.07 Å². The van der Waals surface area contributed by atoms with Gasteiger partial charge in [0.2, 0.25) is 0 Å². The van der Waals surface area contributed by atoms with Gasteiger partial charge in [0.05, 0.1) is 11.2 Å². The van der Waals surface area contributed by atoms with Crippen molar-refractivity contribution in [1.82, 2.24) is 0 Å². The van der Waals surface area contributed by atoms with Gasteiger partial charge in [-0.1, -0.05) is 28.1 Å². The molecule has 0 fully saturated rings. The van der Waals surface area contributed by atoms with E-state index >= 15 is 0 Å². The summed E-state index contributed by atoms with van der Waals surface area (Å²) >= 11 is 3.12. The molecule has 1 atom stereocenters. The zero-order valence-electron chi connectivity index (χ0n) is 9.49. The van der Waals surface area contributed by atoms with Crippen LogP contribution < -0.4 is 0 Å². The fourth-order valence-electron chi connectivity index (χ4n) is 1.54. The van der Waals surface area contributed by atoms with Gasteiger partial charge in [0.15, 0.2) is 0 Å². The maximum Gasteiger partial charge on any atom is 0.307 e. The predicted molar refractivity (Wildman–Crippen MR) is 65.1 cm³/mol. The van der Waals surface area contributed by atoms with Crippen molar-refractivity contribution in [1.29, 1.82) is 0 Å². The fourth-order valence-corrected chi connectivity index (χ4v) is 1.99. The summed E-state index contributed by atoms with van der Waals surface area (Å²) in [6, 6.07) is 3.69. The van der Waals surface area contributed by atoms with Gasteiger partial charge in [-0.05, 0) is 24.1 Å². The molecule has 98 valence electrons. The number of hydrogen-bond donors (Lipinski definition) is 1. The molecule has 1 aromatic carbocycles. The highest BCUT2D eigenvalue weighted by atomic mass is 79.9. The number of rotatable bonds is 5. The van der Waals surface area contributed by atoms with E-state index in [1.54, 1.807) is 0 Å². The van der Waals surface area contributed by atoms with Crippen LogP contribution in [0.3, 0.4) is 0 Å². The van der Waals surface area contributed by atoms with Gasteiger partial charge in [-0.2, -0.15) is 0 Å². The van der Waals surface area contributed by atoms with Gasteiger partial charge in [0, 0.05) is 5.56 Å². The minimum atomic E-state index is -2.67. The topological polar surface area (TPSA) is 54.4 Å². The lowest BCUT2D eigenvalue weighted by Crippen LogP contribution is -2.09. The molecule has 0 saturated carbocycles. The van der Waals surface area contributed by atoms with Crippen LogP contribution in [0.4, 0.5) is 8.78 Å². The molecule has 1 aromatic rings. The van der Waals surface area contributed by atoms with Crippen LogP contribution in [0.25, 0.3) is 0 Å². The molecule has 0 amide bonds. The van der Waals surface area contributed by atoms with Gasteiger partial charge in [0.1, 0.15) is 5.78 Å². The third kappa shape index (κ3) is 3.60. The number of Topliss-reactive ketones (excluding diaryl/α,β-unsaturated/α-hetero) is 1. The Morgan fingerprint density at radius 1 is 1.39 bits per heavy atom. The molecule has 3 nitrogen and oxygen atoms in total. The summed E-state index contributed by atoms with van der Waals surface area (Å²) < 4.78 is 25.1. The van der Waals surface area contributed by atoms with E-state index in [1.165, 1.54) is 19.1 Å². The van der Waals surface area contributed by atoms with E-state index in [9.17, 15) is 18.4 Å². The lowest BCUT2D eigenvalue weighted by Gasteiger charge is -2.13. The van der Waals surface area contributed by atoms with E-state index in [0.29, 0.717) is 5.56 Å². The van der Waals surface area contributed by atoms with Gasteiger partial charge >= 0.3 is 5.97 Å². The van der Waals surface area contributed by atoms with Crippen molar-refractivity contribution in [3.63, 3.8) is 0 Å². The first-order chi connectivity index (χ1) is 8.32. The number of benzene rings is 1. The number of hydrogen-bond acceptors (Lipinski definition) is 2. The highest BCUT2D eigenvalue weighted by Gasteiger charge is 2.20. The van der Waals surface area contributed by atoms with Crippen molar-refractivity contribution >= 4 is 27.7 Å². The van der Waals surface area contributed by atoms with Gasteiger partial charge < -0.3 is 5.11 Å². The average Bonchev–Trinajstić information content (AvgIpc) is 2.26. The summed E-state index contributed by atoms with van der Waals surface area (Å²) in [6.45, 7) is 1.34. The summed E-state index contributed by atoms with van der Waals surface area (Å²) in [6.07, 6.45) is -3.07. The van der Waals surface area contributed by atoms with E-state index in [2.05, 4.69) is 15.9 Å². The normalized spacial score (nSPS) is 12.5. The smallest absolute Gasteiger partial charge is 0.307 e. The number of alkyl halides is 3. The summed E-state index contributed by atoms with van der Waals surface area (Å²) in [5, 5.41) is 8.75. The fraction of sp³-hybridized carbons (Fsp3) is 0.333. The van der Waals surface area contributed by atoms with Crippen molar-refractivity contribution in [2.24, 2.45) is 0 Å². The molecule has 1 rings (SSSR count). The van der Waals surface area contributed by atoms with Crippen molar-refractivity contribution in [3.8, 4) is 0 Å². The lowest BCUT2D eigenvalue weighted by molar-refractivity contribution is -0.136.